The summed E-state index contributed by atoms with van der Waals surface area (Å²) in [6, 6.07) is 18.5. The highest BCUT2D eigenvalue weighted by Gasteiger charge is 2.18. The number of carbonyl (C=O) groups excluding carboxylic acids is 1. The van der Waals surface area contributed by atoms with E-state index in [9.17, 15) is 4.79 Å². The number of carbonyl (C=O) groups is 1. The molecule has 4 rings (SSSR count). The van der Waals surface area contributed by atoms with Gasteiger partial charge in [0.05, 0.1) is 17.6 Å². The van der Waals surface area contributed by atoms with Gasteiger partial charge in [-0.3, -0.25) is 14.7 Å². The number of anilines is 4. The number of hydrogen-bond acceptors (Lipinski definition) is 5. The molecule has 0 aliphatic heterocycles. The van der Waals surface area contributed by atoms with E-state index in [4.69, 9.17) is 11.6 Å². The second-order valence-electron chi connectivity index (χ2n) is 6.88. The topological polar surface area (TPSA) is 71.0 Å². The average molecular weight is 430 g/mol. The van der Waals surface area contributed by atoms with Gasteiger partial charge in [-0.2, -0.15) is 0 Å². The minimum atomic E-state index is -0.195. The quantitative estimate of drug-likeness (QED) is 0.401. The highest BCUT2D eigenvalue weighted by atomic mass is 35.5. The van der Waals surface area contributed by atoms with Crippen LogP contribution in [0.2, 0.25) is 0 Å². The molecule has 7 heteroatoms. The first-order valence-corrected chi connectivity index (χ1v) is 10.2. The van der Waals surface area contributed by atoms with Crippen molar-refractivity contribution in [3.8, 4) is 0 Å². The standard InChI is InChI=1S/C24H20ClN5O/c1-17-5-10-20(29-23(31)19-8-6-18(15-25)7-9-19)14-22(17)30(21-4-2-11-26-16-21)24-27-12-3-13-28-24/h2-14,16H,15H2,1H3,(H,29,31). The number of nitrogens with zero attached hydrogens (tertiary/aromatic N) is 4. The van der Waals surface area contributed by atoms with E-state index in [-0.39, 0.29) is 5.91 Å². The number of amides is 1. The molecule has 0 bridgehead atoms. The molecule has 1 N–H and O–H groups in total. The van der Waals surface area contributed by atoms with Gasteiger partial charge in [-0.25, -0.2) is 9.97 Å². The number of aryl methyl sites for hydroxylation is 1. The van der Waals surface area contributed by atoms with Crippen LogP contribution in [-0.2, 0) is 5.88 Å². The maximum atomic E-state index is 12.7. The van der Waals surface area contributed by atoms with Crippen LogP contribution in [0.3, 0.4) is 0 Å². The van der Waals surface area contributed by atoms with Gasteiger partial charge in [-0.1, -0.05) is 18.2 Å². The molecule has 0 saturated heterocycles. The molecule has 1 amide bonds. The van der Waals surface area contributed by atoms with Gasteiger partial charge in [-0.05, 0) is 60.5 Å². The van der Waals surface area contributed by atoms with Crippen molar-refractivity contribution < 1.29 is 4.79 Å². The Hall–Kier alpha value is -3.77. The van der Waals surface area contributed by atoms with Crippen molar-refractivity contribution in [3.63, 3.8) is 0 Å². The lowest BCUT2D eigenvalue weighted by Gasteiger charge is -2.24. The molecule has 0 atom stereocenters. The van der Waals surface area contributed by atoms with E-state index < -0.39 is 0 Å². The Morgan fingerprint density at radius 1 is 1.00 bits per heavy atom. The van der Waals surface area contributed by atoms with Gasteiger partial charge < -0.3 is 5.32 Å². The smallest absolute Gasteiger partial charge is 0.255 e. The van der Waals surface area contributed by atoms with Gasteiger partial charge in [0.15, 0.2) is 0 Å². The Morgan fingerprint density at radius 2 is 1.77 bits per heavy atom. The van der Waals surface area contributed by atoms with Crippen molar-refractivity contribution in [2.24, 2.45) is 0 Å². The molecular formula is C24H20ClN5O. The lowest BCUT2D eigenvalue weighted by Crippen LogP contribution is -2.16. The lowest BCUT2D eigenvalue weighted by molar-refractivity contribution is 0.102. The molecule has 2 heterocycles. The van der Waals surface area contributed by atoms with Crippen LogP contribution in [0.1, 0.15) is 21.5 Å². The van der Waals surface area contributed by atoms with Crippen LogP contribution in [0.25, 0.3) is 0 Å². The first kappa shape index (κ1) is 20.5. The summed E-state index contributed by atoms with van der Waals surface area (Å²) in [6.07, 6.45) is 6.85. The molecule has 0 aliphatic carbocycles. The van der Waals surface area contributed by atoms with Crippen molar-refractivity contribution >= 4 is 40.5 Å². The van der Waals surface area contributed by atoms with Gasteiger partial charge in [0.1, 0.15) is 0 Å². The van der Waals surface area contributed by atoms with Crippen molar-refractivity contribution in [2.45, 2.75) is 12.8 Å². The van der Waals surface area contributed by atoms with Crippen molar-refractivity contribution in [1.82, 2.24) is 15.0 Å². The molecule has 0 radical (unpaired) electrons. The van der Waals surface area contributed by atoms with Crippen molar-refractivity contribution in [3.05, 3.63) is 102 Å². The minimum Gasteiger partial charge on any atom is -0.322 e. The van der Waals surface area contributed by atoms with Crippen LogP contribution in [0.4, 0.5) is 23.0 Å². The van der Waals surface area contributed by atoms with E-state index >= 15 is 0 Å². The zero-order valence-corrected chi connectivity index (χ0v) is 17.6. The molecular weight excluding hydrogens is 410 g/mol. The Labute approximate surface area is 185 Å². The van der Waals surface area contributed by atoms with Crippen molar-refractivity contribution in [1.29, 1.82) is 0 Å². The highest BCUT2D eigenvalue weighted by Crippen LogP contribution is 2.35. The van der Waals surface area contributed by atoms with E-state index in [1.807, 2.05) is 54.3 Å². The Morgan fingerprint density at radius 3 is 2.45 bits per heavy atom. The third-order valence-corrected chi connectivity index (χ3v) is 5.04. The molecule has 0 unspecified atom stereocenters. The fourth-order valence-electron chi connectivity index (χ4n) is 3.13. The first-order valence-electron chi connectivity index (χ1n) is 9.70. The molecule has 31 heavy (non-hydrogen) atoms. The van der Waals surface area contributed by atoms with Gasteiger partial charge in [0.25, 0.3) is 5.91 Å². The van der Waals surface area contributed by atoms with E-state index in [0.717, 1.165) is 22.5 Å². The van der Waals surface area contributed by atoms with E-state index in [1.54, 1.807) is 43.0 Å². The number of benzene rings is 2. The third-order valence-electron chi connectivity index (χ3n) is 4.73. The summed E-state index contributed by atoms with van der Waals surface area (Å²) in [5.41, 5.74) is 4.85. The molecule has 154 valence electrons. The fourth-order valence-corrected chi connectivity index (χ4v) is 3.31. The Balaban J connectivity index is 1.69. The summed E-state index contributed by atoms with van der Waals surface area (Å²) in [6.45, 7) is 2.00. The van der Waals surface area contributed by atoms with E-state index in [1.165, 1.54) is 0 Å². The predicted molar refractivity (Wildman–Crippen MR) is 123 cm³/mol. The summed E-state index contributed by atoms with van der Waals surface area (Å²) in [7, 11) is 0. The molecule has 0 saturated carbocycles. The fraction of sp³-hybridized carbons (Fsp3) is 0.0833. The molecule has 0 aliphatic rings. The second kappa shape index (κ2) is 9.36. The Kier molecular flexibility index (Phi) is 6.19. The highest BCUT2D eigenvalue weighted by molar-refractivity contribution is 6.17. The molecule has 0 spiro atoms. The van der Waals surface area contributed by atoms with Crippen molar-refractivity contribution in [2.75, 3.05) is 10.2 Å². The minimum absolute atomic E-state index is 0.195. The number of pyridine rings is 1. The predicted octanol–water partition coefficient (Wildman–Crippen LogP) is 5.64. The summed E-state index contributed by atoms with van der Waals surface area (Å²) >= 11 is 5.83. The van der Waals surface area contributed by atoms with Crippen LogP contribution in [-0.4, -0.2) is 20.9 Å². The number of aromatic nitrogens is 3. The van der Waals surface area contributed by atoms with Crippen LogP contribution in [0, 0.1) is 6.92 Å². The van der Waals surface area contributed by atoms with Gasteiger partial charge in [0, 0.05) is 35.7 Å². The van der Waals surface area contributed by atoms with Gasteiger partial charge in [0.2, 0.25) is 5.95 Å². The number of alkyl halides is 1. The maximum Gasteiger partial charge on any atom is 0.255 e. The number of hydrogen-bond donors (Lipinski definition) is 1. The molecule has 0 fully saturated rings. The Bertz CT molecular complexity index is 1130. The SMILES string of the molecule is Cc1ccc(NC(=O)c2ccc(CCl)cc2)cc1N(c1cccnc1)c1ncccn1. The first-order chi connectivity index (χ1) is 15.2. The number of nitrogens with one attached hydrogen (secondary N) is 1. The summed E-state index contributed by atoms with van der Waals surface area (Å²) in [5, 5.41) is 2.97. The molecule has 2 aromatic heterocycles. The van der Waals surface area contributed by atoms with Crippen LogP contribution in [0.5, 0.6) is 0 Å². The van der Waals surface area contributed by atoms with E-state index in [2.05, 4.69) is 20.3 Å². The van der Waals surface area contributed by atoms with Gasteiger partial charge >= 0.3 is 0 Å². The average Bonchev–Trinajstić information content (AvgIpc) is 2.82. The molecule has 4 aromatic rings. The van der Waals surface area contributed by atoms with E-state index in [0.29, 0.717) is 23.1 Å². The third kappa shape index (κ3) is 4.70. The summed E-state index contributed by atoms with van der Waals surface area (Å²) in [4.78, 5) is 27.7. The van der Waals surface area contributed by atoms with Crippen LogP contribution < -0.4 is 10.2 Å². The largest absolute Gasteiger partial charge is 0.322 e. The number of halogens is 1. The monoisotopic (exact) mass is 429 g/mol. The van der Waals surface area contributed by atoms with Crippen LogP contribution >= 0.6 is 11.6 Å². The van der Waals surface area contributed by atoms with Crippen LogP contribution in [0.15, 0.2) is 85.5 Å². The summed E-state index contributed by atoms with van der Waals surface area (Å²) < 4.78 is 0. The number of rotatable bonds is 6. The van der Waals surface area contributed by atoms with Gasteiger partial charge in [-0.15, -0.1) is 11.6 Å². The lowest BCUT2D eigenvalue weighted by atomic mass is 10.1. The normalized spacial score (nSPS) is 10.5. The summed E-state index contributed by atoms with van der Waals surface area (Å²) in [5.74, 6) is 0.730. The zero-order chi connectivity index (χ0) is 21.6. The zero-order valence-electron chi connectivity index (χ0n) is 16.9. The molecule has 6 nitrogen and oxygen atoms in total. The second-order valence-corrected chi connectivity index (χ2v) is 7.15. The molecule has 2 aromatic carbocycles. The maximum absolute atomic E-state index is 12.7.